The molecule has 0 amide bonds. The van der Waals surface area contributed by atoms with Gasteiger partial charge in [0, 0.05) is 10.0 Å². The van der Waals surface area contributed by atoms with Gasteiger partial charge in [0.05, 0.1) is 11.6 Å². The molecule has 0 atom stereocenters. The highest BCUT2D eigenvalue weighted by Gasteiger charge is 2.05. The summed E-state index contributed by atoms with van der Waals surface area (Å²) in [7, 11) is 1.61. The van der Waals surface area contributed by atoms with Gasteiger partial charge in [-0.1, -0.05) is 0 Å². The maximum absolute atomic E-state index is 10.7. The van der Waals surface area contributed by atoms with Crippen molar-refractivity contribution in [2.75, 3.05) is 7.11 Å². The lowest BCUT2D eigenvalue weighted by Crippen LogP contribution is -1.89. The first-order valence-electron chi connectivity index (χ1n) is 5.40. The molecule has 2 rings (SSSR count). The molecule has 0 unspecified atom stereocenters. The van der Waals surface area contributed by atoms with E-state index >= 15 is 0 Å². The first-order valence-corrected chi connectivity index (χ1v) is 6.99. The minimum atomic E-state index is 0.586. The molecule has 0 saturated carbocycles. The van der Waals surface area contributed by atoms with Crippen LogP contribution in [0.4, 0.5) is 0 Å². The zero-order valence-electron chi connectivity index (χ0n) is 10.0. The van der Waals surface area contributed by atoms with Crippen LogP contribution in [0.1, 0.15) is 10.4 Å². The van der Waals surface area contributed by atoms with Gasteiger partial charge in [-0.15, -0.1) is 0 Å². The lowest BCUT2D eigenvalue weighted by Gasteiger charge is -2.09. The van der Waals surface area contributed by atoms with Crippen molar-refractivity contribution in [1.29, 1.82) is 0 Å². The SMILES string of the molecule is COc1ccc(Oc2ccc(C=O)c(Br)c2)cc1Br. The highest BCUT2D eigenvalue weighted by molar-refractivity contribution is 9.10. The van der Waals surface area contributed by atoms with Crippen molar-refractivity contribution in [3.05, 3.63) is 50.9 Å². The van der Waals surface area contributed by atoms with Gasteiger partial charge in [-0.3, -0.25) is 4.79 Å². The van der Waals surface area contributed by atoms with Crippen molar-refractivity contribution in [2.24, 2.45) is 0 Å². The highest BCUT2D eigenvalue weighted by Crippen LogP contribution is 2.32. The number of halogens is 2. The van der Waals surface area contributed by atoms with E-state index in [9.17, 15) is 4.79 Å². The van der Waals surface area contributed by atoms with E-state index in [4.69, 9.17) is 9.47 Å². The summed E-state index contributed by atoms with van der Waals surface area (Å²) in [5, 5.41) is 0. The smallest absolute Gasteiger partial charge is 0.151 e. The number of aldehydes is 1. The Kier molecular flexibility index (Phi) is 4.61. The van der Waals surface area contributed by atoms with Crippen LogP contribution in [0.5, 0.6) is 17.2 Å². The maximum atomic E-state index is 10.7. The number of hydrogen-bond donors (Lipinski definition) is 0. The Balaban J connectivity index is 2.23. The fourth-order valence-corrected chi connectivity index (χ4v) is 2.48. The largest absolute Gasteiger partial charge is 0.496 e. The first kappa shape index (κ1) is 14.1. The van der Waals surface area contributed by atoms with Gasteiger partial charge in [0.15, 0.2) is 6.29 Å². The predicted molar refractivity (Wildman–Crippen MR) is 80.3 cm³/mol. The average Bonchev–Trinajstić information content (AvgIpc) is 2.39. The van der Waals surface area contributed by atoms with E-state index in [-0.39, 0.29) is 0 Å². The molecule has 3 nitrogen and oxygen atoms in total. The van der Waals surface area contributed by atoms with E-state index in [1.54, 1.807) is 25.3 Å². The fourth-order valence-electron chi connectivity index (χ4n) is 1.51. The number of carbonyl (C=O) groups is 1. The summed E-state index contributed by atoms with van der Waals surface area (Å²) in [5.41, 5.74) is 0.586. The number of hydrogen-bond acceptors (Lipinski definition) is 3. The van der Waals surface area contributed by atoms with Crippen LogP contribution in [0.15, 0.2) is 45.3 Å². The molecule has 5 heteroatoms. The Morgan fingerprint density at radius 2 is 1.63 bits per heavy atom. The van der Waals surface area contributed by atoms with Crippen LogP contribution in [0.2, 0.25) is 0 Å². The van der Waals surface area contributed by atoms with E-state index in [0.717, 1.165) is 16.5 Å². The molecule has 0 radical (unpaired) electrons. The minimum Gasteiger partial charge on any atom is -0.496 e. The molecular weight excluding hydrogens is 376 g/mol. The topological polar surface area (TPSA) is 35.5 Å². The van der Waals surface area contributed by atoms with Gasteiger partial charge < -0.3 is 9.47 Å². The van der Waals surface area contributed by atoms with Gasteiger partial charge in [-0.2, -0.15) is 0 Å². The summed E-state index contributed by atoms with van der Waals surface area (Å²) < 4.78 is 12.4. The number of benzene rings is 2. The summed E-state index contributed by atoms with van der Waals surface area (Å²) in [5.74, 6) is 2.07. The fraction of sp³-hybridized carbons (Fsp3) is 0.0714. The monoisotopic (exact) mass is 384 g/mol. The Morgan fingerprint density at radius 3 is 2.16 bits per heavy atom. The van der Waals surface area contributed by atoms with E-state index in [1.807, 2.05) is 18.2 Å². The molecule has 98 valence electrons. The van der Waals surface area contributed by atoms with Crippen molar-refractivity contribution in [1.82, 2.24) is 0 Å². The van der Waals surface area contributed by atoms with Crippen molar-refractivity contribution in [3.63, 3.8) is 0 Å². The summed E-state index contributed by atoms with van der Waals surface area (Å²) in [6.07, 6.45) is 0.790. The quantitative estimate of drug-likeness (QED) is 0.707. The van der Waals surface area contributed by atoms with E-state index < -0.39 is 0 Å². The second kappa shape index (κ2) is 6.21. The predicted octanol–water partition coefficient (Wildman–Crippen LogP) is 4.83. The molecule has 0 aromatic heterocycles. The number of ether oxygens (including phenoxy) is 2. The zero-order chi connectivity index (χ0) is 13.8. The molecular formula is C14H10Br2O3. The third-order valence-electron chi connectivity index (χ3n) is 2.46. The summed E-state index contributed by atoms with van der Waals surface area (Å²) in [6.45, 7) is 0. The lowest BCUT2D eigenvalue weighted by molar-refractivity contribution is 0.112. The Labute approximate surface area is 127 Å². The molecule has 0 aliphatic carbocycles. The number of rotatable bonds is 4. The third-order valence-corrected chi connectivity index (χ3v) is 3.76. The molecule has 19 heavy (non-hydrogen) atoms. The zero-order valence-corrected chi connectivity index (χ0v) is 13.2. The third kappa shape index (κ3) is 3.36. The van der Waals surface area contributed by atoms with Crippen LogP contribution < -0.4 is 9.47 Å². The van der Waals surface area contributed by atoms with Crippen molar-refractivity contribution in [3.8, 4) is 17.2 Å². The van der Waals surface area contributed by atoms with Gasteiger partial charge in [0.25, 0.3) is 0 Å². The van der Waals surface area contributed by atoms with E-state index in [1.165, 1.54) is 0 Å². The van der Waals surface area contributed by atoms with Crippen LogP contribution in [0.25, 0.3) is 0 Å². The Morgan fingerprint density at radius 1 is 1.00 bits per heavy atom. The van der Waals surface area contributed by atoms with E-state index in [2.05, 4.69) is 31.9 Å². The van der Waals surface area contributed by atoms with Gasteiger partial charge in [0.1, 0.15) is 17.2 Å². The van der Waals surface area contributed by atoms with Gasteiger partial charge in [-0.05, 0) is 68.3 Å². The van der Waals surface area contributed by atoms with Crippen LogP contribution in [-0.4, -0.2) is 13.4 Å². The molecule has 0 spiro atoms. The summed E-state index contributed by atoms with van der Waals surface area (Å²) in [4.78, 5) is 10.7. The molecule has 0 fully saturated rings. The van der Waals surface area contributed by atoms with Gasteiger partial charge in [0.2, 0.25) is 0 Å². The highest BCUT2D eigenvalue weighted by atomic mass is 79.9. The molecule has 0 saturated heterocycles. The van der Waals surface area contributed by atoms with Crippen molar-refractivity contribution in [2.45, 2.75) is 0 Å². The minimum absolute atomic E-state index is 0.586. The van der Waals surface area contributed by atoms with Crippen LogP contribution in [-0.2, 0) is 0 Å². The summed E-state index contributed by atoms with van der Waals surface area (Å²) >= 11 is 6.71. The molecule has 0 bridgehead atoms. The normalized spacial score (nSPS) is 10.1. The van der Waals surface area contributed by atoms with Gasteiger partial charge >= 0.3 is 0 Å². The molecule has 0 N–H and O–H groups in total. The Bertz CT molecular complexity index is 612. The standard InChI is InChI=1S/C14H10Br2O3/c1-18-14-5-4-11(7-13(14)16)19-10-3-2-9(8-17)12(15)6-10/h2-8H,1H3. The number of carbonyl (C=O) groups excluding carboxylic acids is 1. The van der Waals surface area contributed by atoms with Gasteiger partial charge in [-0.25, -0.2) is 0 Å². The average molecular weight is 386 g/mol. The number of methoxy groups -OCH3 is 1. The molecule has 0 aliphatic heterocycles. The van der Waals surface area contributed by atoms with E-state index in [0.29, 0.717) is 21.5 Å². The van der Waals surface area contributed by atoms with Crippen LogP contribution in [0, 0.1) is 0 Å². The molecule has 2 aromatic carbocycles. The molecule has 0 aliphatic rings. The first-order chi connectivity index (χ1) is 9.13. The van der Waals surface area contributed by atoms with Crippen molar-refractivity contribution < 1.29 is 14.3 Å². The molecule has 2 aromatic rings. The molecule has 0 heterocycles. The lowest BCUT2D eigenvalue weighted by atomic mass is 10.2. The second-order valence-corrected chi connectivity index (χ2v) is 5.41. The Hall–Kier alpha value is -1.33. The maximum Gasteiger partial charge on any atom is 0.151 e. The van der Waals surface area contributed by atoms with Crippen molar-refractivity contribution >= 4 is 38.1 Å². The van der Waals surface area contributed by atoms with Crippen LogP contribution >= 0.6 is 31.9 Å². The summed E-state index contributed by atoms with van der Waals surface area (Å²) in [6, 6.07) is 10.6. The van der Waals surface area contributed by atoms with Crippen LogP contribution in [0.3, 0.4) is 0 Å². The second-order valence-electron chi connectivity index (χ2n) is 3.70.